The van der Waals surface area contributed by atoms with Crippen molar-refractivity contribution < 1.29 is 14.3 Å². The third-order valence-electron chi connectivity index (χ3n) is 2.63. The second-order valence-electron chi connectivity index (χ2n) is 5.27. The SMILES string of the molecule is CC(C)(C)OC(=O)N1CCOCC1c1cnc[nH]1. The molecule has 0 radical (unpaired) electrons. The minimum Gasteiger partial charge on any atom is -0.444 e. The Morgan fingerprint density at radius 2 is 2.39 bits per heavy atom. The van der Waals surface area contributed by atoms with Crippen molar-refractivity contribution in [3.8, 4) is 0 Å². The Labute approximate surface area is 106 Å². The summed E-state index contributed by atoms with van der Waals surface area (Å²) < 4.78 is 10.8. The third-order valence-corrected chi connectivity index (χ3v) is 2.63. The molecule has 0 bridgehead atoms. The number of hydrogen-bond acceptors (Lipinski definition) is 4. The summed E-state index contributed by atoms with van der Waals surface area (Å²) in [6, 6.07) is -0.156. The molecular formula is C12H19N3O3. The minimum atomic E-state index is -0.492. The highest BCUT2D eigenvalue weighted by Crippen LogP contribution is 2.24. The van der Waals surface area contributed by atoms with Gasteiger partial charge >= 0.3 is 6.09 Å². The molecule has 1 aliphatic rings. The van der Waals surface area contributed by atoms with Gasteiger partial charge in [0.25, 0.3) is 0 Å². The van der Waals surface area contributed by atoms with Gasteiger partial charge in [0.1, 0.15) is 11.6 Å². The van der Waals surface area contributed by atoms with Crippen molar-refractivity contribution in [2.45, 2.75) is 32.4 Å². The van der Waals surface area contributed by atoms with Crippen molar-refractivity contribution in [1.29, 1.82) is 0 Å². The smallest absolute Gasteiger partial charge is 0.411 e. The zero-order chi connectivity index (χ0) is 13.2. The van der Waals surface area contributed by atoms with Gasteiger partial charge < -0.3 is 14.5 Å². The molecule has 2 heterocycles. The van der Waals surface area contributed by atoms with Crippen LogP contribution in [-0.4, -0.2) is 46.3 Å². The number of amides is 1. The molecule has 1 aromatic rings. The van der Waals surface area contributed by atoms with Gasteiger partial charge in [-0.1, -0.05) is 0 Å². The summed E-state index contributed by atoms with van der Waals surface area (Å²) in [6.07, 6.45) is 2.99. The van der Waals surface area contributed by atoms with Crippen LogP contribution in [0.5, 0.6) is 0 Å². The van der Waals surface area contributed by atoms with Gasteiger partial charge in [0.15, 0.2) is 0 Å². The van der Waals surface area contributed by atoms with E-state index in [2.05, 4.69) is 9.97 Å². The van der Waals surface area contributed by atoms with Crippen LogP contribution in [0.3, 0.4) is 0 Å². The lowest BCUT2D eigenvalue weighted by Crippen LogP contribution is -2.45. The first-order valence-electron chi connectivity index (χ1n) is 6.03. The molecule has 1 saturated heterocycles. The van der Waals surface area contributed by atoms with Gasteiger partial charge in [0.05, 0.1) is 31.4 Å². The molecule has 6 nitrogen and oxygen atoms in total. The predicted molar refractivity (Wildman–Crippen MR) is 65.1 cm³/mol. The number of H-pyrrole nitrogens is 1. The Balaban J connectivity index is 2.11. The number of morpholine rings is 1. The van der Waals surface area contributed by atoms with Crippen LogP contribution in [0.25, 0.3) is 0 Å². The Morgan fingerprint density at radius 3 is 3.00 bits per heavy atom. The lowest BCUT2D eigenvalue weighted by molar-refractivity contribution is -0.0339. The van der Waals surface area contributed by atoms with Gasteiger partial charge in [0.2, 0.25) is 0 Å². The van der Waals surface area contributed by atoms with Gasteiger partial charge in [0, 0.05) is 6.54 Å². The average molecular weight is 253 g/mol. The summed E-state index contributed by atoms with van der Waals surface area (Å²) in [5, 5.41) is 0. The molecule has 1 fully saturated rings. The van der Waals surface area contributed by atoms with Crippen LogP contribution in [0.15, 0.2) is 12.5 Å². The maximum absolute atomic E-state index is 12.1. The van der Waals surface area contributed by atoms with Gasteiger partial charge in [-0.2, -0.15) is 0 Å². The summed E-state index contributed by atoms with van der Waals surface area (Å²) in [5.74, 6) is 0. The number of nitrogens with one attached hydrogen (secondary N) is 1. The van der Waals surface area contributed by atoms with Gasteiger partial charge in [-0.25, -0.2) is 9.78 Å². The second kappa shape index (κ2) is 4.97. The van der Waals surface area contributed by atoms with Crippen molar-refractivity contribution in [1.82, 2.24) is 14.9 Å². The summed E-state index contributed by atoms with van der Waals surface area (Å²) in [7, 11) is 0. The van der Waals surface area contributed by atoms with Gasteiger partial charge in [-0.05, 0) is 20.8 Å². The van der Waals surface area contributed by atoms with Crippen LogP contribution < -0.4 is 0 Å². The highest BCUT2D eigenvalue weighted by molar-refractivity contribution is 5.69. The maximum atomic E-state index is 12.1. The molecule has 1 atom stereocenters. The Hall–Kier alpha value is -1.56. The van der Waals surface area contributed by atoms with E-state index in [4.69, 9.17) is 9.47 Å². The third kappa shape index (κ3) is 3.01. The fraction of sp³-hybridized carbons (Fsp3) is 0.667. The largest absolute Gasteiger partial charge is 0.444 e. The Bertz CT molecular complexity index is 397. The first-order chi connectivity index (χ1) is 8.47. The molecule has 1 amide bonds. The minimum absolute atomic E-state index is 0.156. The van der Waals surface area contributed by atoms with Crippen molar-refractivity contribution >= 4 is 6.09 Å². The second-order valence-corrected chi connectivity index (χ2v) is 5.27. The fourth-order valence-corrected chi connectivity index (χ4v) is 1.85. The number of carbonyl (C=O) groups is 1. The molecule has 2 rings (SSSR count). The molecule has 1 unspecified atom stereocenters. The maximum Gasteiger partial charge on any atom is 0.411 e. The van der Waals surface area contributed by atoms with E-state index < -0.39 is 5.60 Å². The van der Waals surface area contributed by atoms with Crippen molar-refractivity contribution in [2.24, 2.45) is 0 Å². The van der Waals surface area contributed by atoms with E-state index in [1.165, 1.54) is 0 Å². The lowest BCUT2D eigenvalue weighted by atomic mass is 10.2. The van der Waals surface area contributed by atoms with Gasteiger partial charge in [-0.15, -0.1) is 0 Å². The molecule has 6 heteroatoms. The number of rotatable bonds is 1. The molecular weight excluding hydrogens is 234 g/mol. The molecule has 1 aromatic heterocycles. The molecule has 1 N–H and O–H groups in total. The van der Waals surface area contributed by atoms with Crippen molar-refractivity contribution in [3.05, 3.63) is 18.2 Å². The van der Waals surface area contributed by atoms with Crippen LogP contribution in [0.2, 0.25) is 0 Å². The number of nitrogens with zero attached hydrogens (tertiary/aromatic N) is 2. The van der Waals surface area contributed by atoms with Crippen LogP contribution >= 0.6 is 0 Å². The molecule has 0 spiro atoms. The van der Waals surface area contributed by atoms with E-state index in [1.807, 2.05) is 20.8 Å². The zero-order valence-electron chi connectivity index (χ0n) is 11.0. The van der Waals surface area contributed by atoms with E-state index in [0.29, 0.717) is 19.8 Å². The molecule has 0 aliphatic carbocycles. The quantitative estimate of drug-likeness (QED) is 0.827. The Kier molecular flexibility index (Phi) is 3.56. The summed E-state index contributed by atoms with van der Waals surface area (Å²) in [5.41, 5.74) is 0.369. The topological polar surface area (TPSA) is 67.4 Å². The number of imidazole rings is 1. The van der Waals surface area contributed by atoms with Crippen LogP contribution in [0.4, 0.5) is 4.79 Å². The predicted octanol–water partition coefficient (Wildman–Crippen LogP) is 1.72. The lowest BCUT2D eigenvalue weighted by Gasteiger charge is -2.35. The van der Waals surface area contributed by atoms with E-state index in [0.717, 1.165) is 5.69 Å². The van der Waals surface area contributed by atoms with E-state index in [-0.39, 0.29) is 12.1 Å². The van der Waals surface area contributed by atoms with Crippen LogP contribution in [-0.2, 0) is 9.47 Å². The highest BCUT2D eigenvalue weighted by atomic mass is 16.6. The van der Waals surface area contributed by atoms with E-state index in [1.54, 1.807) is 17.4 Å². The average Bonchev–Trinajstić information content (AvgIpc) is 2.80. The first-order valence-corrected chi connectivity index (χ1v) is 6.03. The standard InChI is InChI=1S/C12H19N3O3/c1-12(2,3)18-11(16)15-4-5-17-7-10(15)9-6-13-8-14-9/h6,8,10H,4-5,7H2,1-3H3,(H,13,14). The van der Waals surface area contributed by atoms with Crippen molar-refractivity contribution in [2.75, 3.05) is 19.8 Å². The summed E-state index contributed by atoms with van der Waals surface area (Å²) in [6.45, 7) is 7.09. The molecule has 100 valence electrons. The first kappa shape index (κ1) is 12.9. The zero-order valence-corrected chi connectivity index (χ0v) is 11.0. The van der Waals surface area contributed by atoms with Crippen LogP contribution in [0, 0.1) is 0 Å². The normalized spacial score (nSPS) is 20.8. The monoisotopic (exact) mass is 253 g/mol. The number of carbonyl (C=O) groups excluding carboxylic acids is 1. The number of hydrogen-bond donors (Lipinski definition) is 1. The summed E-state index contributed by atoms with van der Waals surface area (Å²) in [4.78, 5) is 20.8. The Morgan fingerprint density at radius 1 is 1.61 bits per heavy atom. The number of aromatic amines is 1. The van der Waals surface area contributed by atoms with E-state index in [9.17, 15) is 4.79 Å². The molecule has 18 heavy (non-hydrogen) atoms. The molecule has 0 aromatic carbocycles. The van der Waals surface area contributed by atoms with Crippen LogP contribution in [0.1, 0.15) is 32.5 Å². The molecule has 0 saturated carbocycles. The van der Waals surface area contributed by atoms with Gasteiger partial charge in [-0.3, -0.25) is 4.90 Å². The van der Waals surface area contributed by atoms with E-state index >= 15 is 0 Å². The molecule has 1 aliphatic heterocycles. The number of aromatic nitrogens is 2. The number of ether oxygens (including phenoxy) is 2. The fourth-order valence-electron chi connectivity index (χ4n) is 1.85. The highest BCUT2D eigenvalue weighted by Gasteiger charge is 2.32. The summed E-state index contributed by atoms with van der Waals surface area (Å²) >= 11 is 0. The van der Waals surface area contributed by atoms with Crippen molar-refractivity contribution in [3.63, 3.8) is 0 Å².